The van der Waals surface area contributed by atoms with Gasteiger partial charge in [-0.05, 0) is 23.4 Å². The summed E-state index contributed by atoms with van der Waals surface area (Å²) >= 11 is 0. The minimum absolute atomic E-state index is 0.870. The fourth-order valence-electron chi connectivity index (χ4n) is 0.790. The lowest BCUT2D eigenvalue weighted by Crippen LogP contribution is -1.94. The second-order valence-corrected chi connectivity index (χ2v) is 1.97. The highest BCUT2D eigenvalue weighted by molar-refractivity contribution is 5.47. The summed E-state index contributed by atoms with van der Waals surface area (Å²) in [6.07, 6.45) is 1.62. The summed E-state index contributed by atoms with van der Waals surface area (Å²) in [5, 5.41) is 14.8. The van der Waals surface area contributed by atoms with Crippen molar-refractivity contribution < 1.29 is 0 Å². The Balaban J connectivity index is 2.93. The molecule has 2 heterocycles. The molecule has 2 aromatic heterocycles. The molecule has 0 aliphatic carbocycles. The van der Waals surface area contributed by atoms with Crippen molar-refractivity contribution >= 4 is 5.52 Å². The third kappa shape index (κ3) is 0.570. The average Bonchev–Trinajstić information content (AvgIpc) is 2.34. The molecule has 0 amide bonds. The van der Waals surface area contributed by atoms with E-state index < -0.39 is 0 Å². The van der Waals surface area contributed by atoms with E-state index >= 15 is 0 Å². The van der Waals surface area contributed by atoms with Crippen molar-refractivity contribution in [2.45, 2.75) is 6.92 Å². The zero-order chi connectivity index (χ0) is 6.97. The molecule has 0 fully saturated rings. The van der Waals surface area contributed by atoms with Gasteiger partial charge in [-0.3, -0.25) is 0 Å². The van der Waals surface area contributed by atoms with Crippen LogP contribution in [-0.2, 0) is 0 Å². The van der Waals surface area contributed by atoms with Crippen LogP contribution < -0.4 is 0 Å². The molecule has 0 saturated heterocycles. The summed E-state index contributed by atoms with van der Waals surface area (Å²) in [6.45, 7) is 1.88. The van der Waals surface area contributed by atoms with Crippen molar-refractivity contribution in [3.05, 3.63) is 18.0 Å². The predicted octanol–water partition coefficient (Wildman–Crippen LogP) is -0.172. The quantitative estimate of drug-likeness (QED) is 0.503. The van der Waals surface area contributed by atoms with E-state index in [2.05, 4.69) is 20.6 Å². The molecule has 0 aliphatic rings. The molecule has 10 heavy (non-hydrogen) atoms. The van der Waals surface area contributed by atoms with Crippen LogP contribution in [0.4, 0.5) is 0 Å². The van der Waals surface area contributed by atoms with E-state index in [0.717, 1.165) is 11.2 Å². The van der Waals surface area contributed by atoms with E-state index in [0.29, 0.717) is 0 Å². The number of hydrogen-bond donors (Lipinski definition) is 0. The highest BCUT2D eigenvalue weighted by atomic mass is 15.6. The minimum atomic E-state index is 0.870. The van der Waals surface area contributed by atoms with Gasteiger partial charge < -0.3 is 0 Å². The van der Waals surface area contributed by atoms with Crippen molar-refractivity contribution in [3.8, 4) is 0 Å². The highest BCUT2D eigenvalue weighted by Gasteiger charge is 1.98. The Kier molecular flexibility index (Phi) is 0.913. The fraction of sp³-hybridized carbons (Fsp3) is 0.200. The Morgan fingerprint density at radius 1 is 1.40 bits per heavy atom. The lowest BCUT2D eigenvalue weighted by molar-refractivity contribution is 0.682. The lowest BCUT2D eigenvalue weighted by Gasteiger charge is -1.84. The molecule has 0 unspecified atom stereocenters. The molecule has 5 nitrogen and oxygen atoms in total. The summed E-state index contributed by atoms with van der Waals surface area (Å²) in [5.41, 5.74) is 1.77. The minimum Gasteiger partial charge on any atom is -0.139 e. The van der Waals surface area contributed by atoms with Gasteiger partial charge >= 0.3 is 0 Å². The molecule has 0 radical (unpaired) electrons. The van der Waals surface area contributed by atoms with Crippen molar-refractivity contribution in [1.29, 1.82) is 0 Å². The maximum Gasteiger partial charge on any atom is 0.114 e. The topological polar surface area (TPSA) is 56.0 Å². The number of nitrogens with zero attached hydrogens (tertiary/aromatic N) is 5. The van der Waals surface area contributed by atoms with Crippen LogP contribution in [0.2, 0.25) is 0 Å². The van der Waals surface area contributed by atoms with Gasteiger partial charge in [-0.1, -0.05) is 0 Å². The van der Waals surface area contributed by atoms with Crippen LogP contribution in [-0.4, -0.2) is 25.3 Å². The molecular formula is C5H5N5. The molecule has 0 bridgehead atoms. The molecule has 50 valence electrons. The van der Waals surface area contributed by atoms with Crippen LogP contribution in [0.25, 0.3) is 5.52 Å². The Labute approximate surface area is 56.7 Å². The molecule has 0 spiro atoms. The van der Waals surface area contributed by atoms with Crippen LogP contribution in [0.15, 0.2) is 12.3 Å². The Morgan fingerprint density at radius 2 is 2.30 bits per heavy atom. The van der Waals surface area contributed by atoms with Gasteiger partial charge in [0.1, 0.15) is 5.52 Å². The number of aryl methyl sites for hydroxylation is 1. The number of rotatable bonds is 0. The monoisotopic (exact) mass is 135 g/mol. The van der Waals surface area contributed by atoms with Crippen LogP contribution in [0, 0.1) is 6.92 Å². The number of fused-ring (bicyclic) bond motifs is 1. The Morgan fingerprint density at radius 3 is 3.10 bits per heavy atom. The fourth-order valence-corrected chi connectivity index (χ4v) is 0.790. The van der Waals surface area contributed by atoms with Gasteiger partial charge in [0.25, 0.3) is 0 Å². The lowest BCUT2D eigenvalue weighted by atomic mass is 10.4. The van der Waals surface area contributed by atoms with Crippen LogP contribution in [0.5, 0.6) is 0 Å². The first-order valence-electron chi connectivity index (χ1n) is 2.88. The first-order valence-corrected chi connectivity index (χ1v) is 2.88. The molecule has 0 atom stereocenters. The zero-order valence-electron chi connectivity index (χ0n) is 5.39. The van der Waals surface area contributed by atoms with Gasteiger partial charge in [0, 0.05) is 0 Å². The van der Waals surface area contributed by atoms with Crippen LogP contribution in [0.3, 0.4) is 0 Å². The van der Waals surface area contributed by atoms with E-state index in [9.17, 15) is 0 Å². The summed E-state index contributed by atoms with van der Waals surface area (Å²) in [5.74, 6) is 0. The Hall–Kier alpha value is -1.52. The van der Waals surface area contributed by atoms with Gasteiger partial charge in [0.05, 0.1) is 11.9 Å². The highest BCUT2D eigenvalue weighted by Crippen LogP contribution is 2.00. The van der Waals surface area contributed by atoms with E-state index in [1.807, 2.05) is 13.0 Å². The molecular weight excluding hydrogens is 130 g/mol. The van der Waals surface area contributed by atoms with Crippen molar-refractivity contribution in [1.82, 2.24) is 25.3 Å². The van der Waals surface area contributed by atoms with Crippen molar-refractivity contribution in [2.24, 2.45) is 0 Å². The summed E-state index contributed by atoms with van der Waals surface area (Å²) < 4.78 is 1.40. The second-order valence-electron chi connectivity index (χ2n) is 1.97. The van der Waals surface area contributed by atoms with E-state index in [4.69, 9.17) is 0 Å². The molecule has 0 N–H and O–H groups in total. The largest absolute Gasteiger partial charge is 0.139 e. The normalized spacial score (nSPS) is 10.5. The van der Waals surface area contributed by atoms with Gasteiger partial charge in [-0.15, -0.1) is 14.8 Å². The van der Waals surface area contributed by atoms with E-state index in [1.165, 1.54) is 4.63 Å². The molecule has 0 saturated carbocycles. The molecule has 5 heteroatoms. The summed E-state index contributed by atoms with van der Waals surface area (Å²) in [7, 11) is 0. The zero-order valence-corrected chi connectivity index (χ0v) is 5.39. The average molecular weight is 135 g/mol. The molecule has 0 aromatic carbocycles. The first kappa shape index (κ1) is 5.28. The third-order valence-corrected chi connectivity index (χ3v) is 1.30. The van der Waals surface area contributed by atoms with E-state index in [-0.39, 0.29) is 0 Å². The second kappa shape index (κ2) is 1.73. The number of aromatic nitrogens is 5. The van der Waals surface area contributed by atoms with Crippen LogP contribution in [0.1, 0.15) is 5.69 Å². The number of hydrogen-bond acceptors (Lipinski definition) is 4. The van der Waals surface area contributed by atoms with Crippen LogP contribution >= 0.6 is 0 Å². The third-order valence-electron chi connectivity index (χ3n) is 1.30. The SMILES string of the molecule is Cc1nnn2nnccc12. The van der Waals surface area contributed by atoms with Gasteiger partial charge in [-0.2, -0.15) is 0 Å². The standard InChI is InChI=1S/C5H5N5/c1-4-5-2-3-6-8-10(5)9-7-4/h2-3H,1H3. The maximum atomic E-state index is 3.81. The predicted molar refractivity (Wildman–Crippen MR) is 33.3 cm³/mol. The van der Waals surface area contributed by atoms with Crippen molar-refractivity contribution in [2.75, 3.05) is 0 Å². The van der Waals surface area contributed by atoms with Gasteiger partial charge in [-0.25, -0.2) is 0 Å². The molecule has 0 aliphatic heterocycles. The molecule has 2 rings (SSSR count). The summed E-state index contributed by atoms with van der Waals surface area (Å²) in [4.78, 5) is 0. The summed E-state index contributed by atoms with van der Waals surface area (Å²) in [6, 6.07) is 1.82. The smallest absolute Gasteiger partial charge is 0.114 e. The van der Waals surface area contributed by atoms with E-state index in [1.54, 1.807) is 6.20 Å². The molecule has 2 aromatic rings. The van der Waals surface area contributed by atoms with Crippen molar-refractivity contribution in [3.63, 3.8) is 0 Å². The first-order chi connectivity index (χ1) is 4.88. The van der Waals surface area contributed by atoms with Gasteiger partial charge in [0.2, 0.25) is 0 Å². The Bertz CT molecular complexity index is 352. The maximum absolute atomic E-state index is 3.81. The van der Waals surface area contributed by atoms with Gasteiger partial charge in [0.15, 0.2) is 0 Å².